The van der Waals surface area contributed by atoms with Crippen LogP contribution in [-0.2, 0) is 4.79 Å². The van der Waals surface area contributed by atoms with E-state index in [2.05, 4.69) is 16.0 Å². The van der Waals surface area contributed by atoms with Crippen molar-refractivity contribution in [2.24, 2.45) is 5.92 Å². The van der Waals surface area contributed by atoms with E-state index in [1.165, 1.54) is 14.2 Å². The number of carbonyl (C=O) groups excluding carboxylic acids is 3. The molecule has 1 atom stereocenters. The highest BCUT2D eigenvalue weighted by Gasteiger charge is 2.26. The van der Waals surface area contributed by atoms with Gasteiger partial charge in [-0.05, 0) is 54.8 Å². The first-order chi connectivity index (χ1) is 17.2. The smallest absolute Gasteiger partial charge is 0.255 e. The minimum Gasteiger partial charge on any atom is -0.497 e. The van der Waals surface area contributed by atoms with Crippen LogP contribution < -0.4 is 25.4 Å². The average molecular weight is 490 g/mol. The quantitative estimate of drug-likeness (QED) is 0.406. The highest BCUT2D eigenvalue weighted by molar-refractivity contribution is 6.06. The Labute approximate surface area is 211 Å². The molecule has 36 heavy (non-hydrogen) atoms. The fraction of sp³-hybridized carbons (Fsp3) is 0.250. The van der Waals surface area contributed by atoms with E-state index < -0.39 is 11.9 Å². The Morgan fingerprint density at radius 2 is 1.31 bits per heavy atom. The van der Waals surface area contributed by atoms with E-state index in [9.17, 15) is 14.4 Å². The van der Waals surface area contributed by atoms with E-state index in [0.717, 1.165) is 0 Å². The fourth-order valence-corrected chi connectivity index (χ4v) is 3.60. The van der Waals surface area contributed by atoms with Crippen LogP contribution in [0.3, 0.4) is 0 Å². The van der Waals surface area contributed by atoms with E-state index in [1.807, 2.05) is 26.8 Å². The fourth-order valence-electron chi connectivity index (χ4n) is 3.60. The van der Waals surface area contributed by atoms with Gasteiger partial charge in [0.15, 0.2) is 0 Å². The summed E-state index contributed by atoms with van der Waals surface area (Å²) in [4.78, 5) is 38.8. The van der Waals surface area contributed by atoms with Crippen molar-refractivity contribution in [1.29, 1.82) is 0 Å². The highest BCUT2D eigenvalue weighted by Crippen LogP contribution is 2.25. The van der Waals surface area contributed by atoms with Gasteiger partial charge in [0, 0.05) is 28.6 Å². The van der Waals surface area contributed by atoms with Crippen LogP contribution in [0.15, 0.2) is 66.7 Å². The van der Waals surface area contributed by atoms with E-state index in [1.54, 1.807) is 60.7 Å². The van der Waals surface area contributed by atoms with Gasteiger partial charge in [0.25, 0.3) is 11.8 Å². The Hall–Kier alpha value is -4.33. The third kappa shape index (κ3) is 6.41. The molecule has 8 nitrogen and oxygen atoms in total. The SMILES string of the molecule is COc1cc(OC)cc(C(=O)NC(C(=O)Nc2cccc(NC(=O)c3ccccc3)c2C)C(C)C)c1. The monoisotopic (exact) mass is 489 g/mol. The molecule has 8 heteroatoms. The minimum absolute atomic E-state index is 0.192. The number of carbonyl (C=O) groups is 3. The van der Waals surface area contributed by atoms with E-state index >= 15 is 0 Å². The zero-order valence-corrected chi connectivity index (χ0v) is 21.0. The molecule has 0 bridgehead atoms. The van der Waals surface area contributed by atoms with Gasteiger partial charge in [-0.3, -0.25) is 14.4 Å². The topological polar surface area (TPSA) is 106 Å². The molecule has 3 aromatic rings. The number of amides is 3. The van der Waals surface area contributed by atoms with Gasteiger partial charge in [0.05, 0.1) is 14.2 Å². The number of benzene rings is 3. The maximum absolute atomic E-state index is 13.2. The molecule has 0 aliphatic carbocycles. The van der Waals surface area contributed by atoms with Gasteiger partial charge in [-0.15, -0.1) is 0 Å². The van der Waals surface area contributed by atoms with Gasteiger partial charge in [-0.25, -0.2) is 0 Å². The Bertz CT molecular complexity index is 1220. The van der Waals surface area contributed by atoms with Gasteiger partial charge < -0.3 is 25.4 Å². The van der Waals surface area contributed by atoms with Crippen LogP contribution in [-0.4, -0.2) is 38.0 Å². The summed E-state index contributed by atoms with van der Waals surface area (Å²) >= 11 is 0. The summed E-state index contributed by atoms with van der Waals surface area (Å²) in [6, 6.07) is 18.1. The van der Waals surface area contributed by atoms with Crippen LogP contribution in [0.25, 0.3) is 0 Å². The molecule has 0 saturated carbocycles. The summed E-state index contributed by atoms with van der Waals surface area (Å²) in [5.41, 5.74) is 2.65. The lowest BCUT2D eigenvalue weighted by atomic mass is 10.0. The lowest BCUT2D eigenvalue weighted by Gasteiger charge is -2.23. The predicted molar refractivity (Wildman–Crippen MR) is 140 cm³/mol. The Morgan fingerprint density at radius 1 is 0.722 bits per heavy atom. The number of nitrogens with one attached hydrogen (secondary N) is 3. The first-order valence-electron chi connectivity index (χ1n) is 11.5. The van der Waals surface area contributed by atoms with E-state index in [4.69, 9.17) is 9.47 Å². The summed E-state index contributed by atoms with van der Waals surface area (Å²) in [5, 5.41) is 8.59. The zero-order chi connectivity index (χ0) is 26.2. The van der Waals surface area contributed by atoms with Crippen molar-refractivity contribution in [3.8, 4) is 11.5 Å². The standard InChI is InChI=1S/C28H31N3O5/c1-17(2)25(31-27(33)20-14-21(35-4)16-22(15-20)36-5)28(34)30-24-13-9-12-23(18(24)3)29-26(32)19-10-7-6-8-11-19/h6-17,25H,1-5H3,(H,29,32)(H,30,34)(H,31,33). The summed E-state index contributed by atoms with van der Waals surface area (Å²) in [6.45, 7) is 5.50. The second-order valence-corrected chi connectivity index (χ2v) is 8.58. The molecule has 0 fully saturated rings. The molecule has 0 aliphatic heterocycles. The van der Waals surface area contributed by atoms with E-state index in [0.29, 0.717) is 39.6 Å². The first kappa shape index (κ1) is 26.3. The van der Waals surface area contributed by atoms with Crippen LogP contribution in [0.4, 0.5) is 11.4 Å². The van der Waals surface area contributed by atoms with Gasteiger partial charge in [0.1, 0.15) is 17.5 Å². The van der Waals surface area contributed by atoms with Gasteiger partial charge in [0.2, 0.25) is 5.91 Å². The van der Waals surface area contributed by atoms with Crippen molar-refractivity contribution in [3.63, 3.8) is 0 Å². The molecule has 3 N–H and O–H groups in total. The molecule has 0 spiro atoms. The maximum atomic E-state index is 13.2. The Balaban J connectivity index is 1.76. The number of rotatable bonds is 9. The van der Waals surface area contributed by atoms with Crippen LogP contribution in [0, 0.1) is 12.8 Å². The molecule has 3 aromatic carbocycles. The van der Waals surface area contributed by atoms with Gasteiger partial charge >= 0.3 is 0 Å². The normalized spacial score (nSPS) is 11.4. The molecule has 0 aliphatic rings. The Kier molecular flexibility index (Phi) is 8.67. The second kappa shape index (κ2) is 11.9. The summed E-state index contributed by atoms with van der Waals surface area (Å²) < 4.78 is 10.5. The molecule has 3 amide bonds. The Morgan fingerprint density at radius 3 is 1.86 bits per heavy atom. The zero-order valence-electron chi connectivity index (χ0n) is 21.0. The lowest BCUT2D eigenvalue weighted by Crippen LogP contribution is -2.47. The number of anilines is 2. The van der Waals surface area contributed by atoms with Crippen molar-refractivity contribution in [3.05, 3.63) is 83.4 Å². The number of methoxy groups -OCH3 is 2. The summed E-state index contributed by atoms with van der Waals surface area (Å²) in [5.74, 6) is -0.305. The van der Waals surface area contributed by atoms with Crippen molar-refractivity contribution < 1.29 is 23.9 Å². The summed E-state index contributed by atoms with van der Waals surface area (Å²) in [7, 11) is 3.00. The van der Waals surface area contributed by atoms with Crippen molar-refractivity contribution >= 4 is 29.1 Å². The maximum Gasteiger partial charge on any atom is 0.255 e. The highest BCUT2D eigenvalue weighted by atomic mass is 16.5. The third-order valence-corrected chi connectivity index (χ3v) is 5.73. The van der Waals surface area contributed by atoms with Crippen LogP contribution in [0.2, 0.25) is 0 Å². The molecule has 3 rings (SSSR count). The molecule has 0 heterocycles. The van der Waals surface area contributed by atoms with Gasteiger partial charge in [-0.2, -0.15) is 0 Å². The molecular weight excluding hydrogens is 458 g/mol. The molecule has 0 aromatic heterocycles. The summed E-state index contributed by atoms with van der Waals surface area (Å²) in [6.07, 6.45) is 0. The molecule has 1 unspecified atom stereocenters. The molecular formula is C28H31N3O5. The van der Waals surface area contributed by atoms with E-state index in [-0.39, 0.29) is 17.7 Å². The molecule has 188 valence electrons. The minimum atomic E-state index is -0.809. The molecule has 0 radical (unpaired) electrons. The van der Waals surface area contributed by atoms with Crippen LogP contribution >= 0.6 is 0 Å². The second-order valence-electron chi connectivity index (χ2n) is 8.58. The predicted octanol–water partition coefficient (Wildman–Crippen LogP) is 4.66. The lowest BCUT2D eigenvalue weighted by molar-refractivity contribution is -0.118. The number of hydrogen-bond acceptors (Lipinski definition) is 5. The van der Waals surface area contributed by atoms with Crippen molar-refractivity contribution in [2.75, 3.05) is 24.9 Å². The van der Waals surface area contributed by atoms with Crippen LogP contribution in [0.5, 0.6) is 11.5 Å². The van der Waals surface area contributed by atoms with Crippen LogP contribution in [0.1, 0.15) is 40.1 Å². The number of ether oxygens (including phenoxy) is 2. The average Bonchev–Trinajstić information content (AvgIpc) is 2.89. The molecule has 0 saturated heterocycles. The third-order valence-electron chi connectivity index (χ3n) is 5.73. The number of hydrogen-bond donors (Lipinski definition) is 3. The van der Waals surface area contributed by atoms with Crippen molar-refractivity contribution in [2.45, 2.75) is 26.8 Å². The largest absolute Gasteiger partial charge is 0.497 e. The first-order valence-corrected chi connectivity index (χ1v) is 11.5. The van der Waals surface area contributed by atoms with Crippen molar-refractivity contribution in [1.82, 2.24) is 5.32 Å². The van der Waals surface area contributed by atoms with Gasteiger partial charge in [-0.1, -0.05) is 38.1 Å².